The van der Waals surface area contributed by atoms with Crippen LogP contribution in [0.1, 0.15) is 66.7 Å². The molecule has 0 saturated carbocycles. The average molecular weight is 397 g/mol. The molecular weight excluding hydrogens is 364 g/mol. The Morgan fingerprint density at radius 2 is 1.69 bits per heavy atom. The molecule has 1 heterocycles. The number of carbonyl (C=O) groups is 1. The van der Waals surface area contributed by atoms with Gasteiger partial charge in [-0.1, -0.05) is 30.3 Å². The van der Waals surface area contributed by atoms with Crippen molar-refractivity contribution in [3.05, 3.63) is 58.1 Å². The number of carbonyl (C=O) groups excluding carboxylic acids is 1. The molecule has 3 rings (SSSR count). The molecular formula is C25H32O4. The van der Waals surface area contributed by atoms with Crippen LogP contribution >= 0.6 is 0 Å². The first kappa shape index (κ1) is 21.4. The highest BCUT2D eigenvalue weighted by atomic mass is 16.6. The Kier molecular flexibility index (Phi) is 5.77. The van der Waals surface area contributed by atoms with Crippen LogP contribution in [0.5, 0.6) is 11.5 Å². The lowest BCUT2D eigenvalue weighted by Crippen LogP contribution is -2.45. The predicted molar refractivity (Wildman–Crippen MR) is 115 cm³/mol. The zero-order chi connectivity index (χ0) is 21.4. The van der Waals surface area contributed by atoms with Crippen molar-refractivity contribution in [2.75, 3.05) is 6.61 Å². The lowest BCUT2D eigenvalue weighted by Gasteiger charge is -2.38. The number of hydrogen-bond acceptors (Lipinski definition) is 4. The van der Waals surface area contributed by atoms with Crippen molar-refractivity contribution in [1.29, 1.82) is 0 Å². The summed E-state index contributed by atoms with van der Waals surface area (Å²) in [6.07, 6.45) is 0.289. The number of fused-ring (bicyclic) bond motifs is 1. The van der Waals surface area contributed by atoms with Gasteiger partial charge in [0.15, 0.2) is 5.78 Å². The van der Waals surface area contributed by atoms with Crippen LogP contribution in [0.4, 0.5) is 0 Å². The lowest BCUT2D eigenvalue weighted by molar-refractivity contribution is -0.0818. The van der Waals surface area contributed by atoms with Gasteiger partial charge in [0.1, 0.15) is 23.7 Å². The second-order valence-corrected chi connectivity index (χ2v) is 9.24. The minimum absolute atomic E-state index is 0.0800. The first-order valence-electron chi connectivity index (χ1n) is 10.2. The van der Waals surface area contributed by atoms with Crippen LogP contribution in [-0.2, 0) is 11.3 Å². The summed E-state index contributed by atoms with van der Waals surface area (Å²) >= 11 is 0. The van der Waals surface area contributed by atoms with Gasteiger partial charge in [0, 0.05) is 5.56 Å². The second kappa shape index (κ2) is 7.83. The molecule has 0 amide bonds. The summed E-state index contributed by atoms with van der Waals surface area (Å²) < 4.78 is 18.5. The van der Waals surface area contributed by atoms with Crippen LogP contribution in [0.2, 0.25) is 0 Å². The standard InChI is InChI=1S/C25H32O4/c1-16-17(2)23-21(18(3)22(16)27-14-19-11-9-8-10-12-19)20(26)13-25(7,29-23)15-28-24(4,5)6/h8-12H,13-15H2,1-7H3. The molecule has 2 aromatic carbocycles. The fraction of sp³-hybridized carbons (Fsp3) is 0.480. The number of ether oxygens (including phenoxy) is 3. The molecule has 0 fully saturated rings. The van der Waals surface area contributed by atoms with Gasteiger partial charge in [-0.3, -0.25) is 4.79 Å². The van der Waals surface area contributed by atoms with Gasteiger partial charge in [0.05, 0.1) is 24.2 Å². The van der Waals surface area contributed by atoms with E-state index in [4.69, 9.17) is 14.2 Å². The van der Waals surface area contributed by atoms with Gasteiger partial charge in [0.2, 0.25) is 0 Å². The SMILES string of the molecule is Cc1c(C)c2c(c(C)c1OCc1ccccc1)C(=O)CC(C)(COC(C)(C)C)O2. The third-order valence-electron chi connectivity index (χ3n) is 5.38. The summed E-state index contributed by atoms with van der Waals surface area (Å²) in [5, 5.41) is 0. The first-order chi connectivity index (χ1) is 13.5. The molecule has 1 aliphatic heterocycles. The van der Waals surface area contributed by atoms with E-state index >= 15 is 0 Å². The van der Waals surface area contributed by atoms with Gasteiger partial charge < -0.3 is 14.2 Å². The summed E-state index contributed by atoms with van der Waals surface area (Å²) in [5.74, 6) is 1.52. The van der Waals surface area contributed by atoms with Crippen molar-refractivity contribution in [1.82, 2.24) is 0 Å². The monoisotopic (exact) mass is 396 g/mol. The summed E-state index contributed by atoms with van der Waals surface area (Å²) in [7, 11) is 0. The van der Waals surface area contributed by atoms with Crippen molar-refractivity contribution in [3.63, 3.8) is 0 Å². The maximum atomic E-state index is 13.1. The molecule has 0 aliphatic carbocycles. The van der Waals surface area contributed by atoms with Gasteiger partial charge in [-0.15, -0.1) is 0 Å². The van der Waals surface area contributed by atoms with E-state index < -0.39 is 5.60 Å². The molecule has 4 nitrogen and oxygen atoms in total. The van der Waals surface area contributed by atoms with Crippen molar-refractivity contribution in [2.45, 2.75) is 72.7 Å². The quantitative estimate of drug-likeness (QED) is 0.647. The molecule has 1 atom stereocenters. The number of rotatable bonds is 5. The minimum atomic E-state index is -0.673. The van der Waals surface area contributed by atoms with Crippen molar-refractivity contribution < 1.29 is 19.0 Å². The minimum Gasteiger partial charge on any atom is -0.488 e. The molecule has 0 spiro atoms. The predicted octanol–water partition coefficient (Wildman–Crippen LogP) is 5.73. The number of ketones is 1. The van der Waals surface area contributed by atoms with E-state index in [-0.39, 0.29) is 17.8 Å². The topological polar surface area (TPSA) is 44.8 Å². The Morgan fingerprint density at radius 3 is 2.31 bits per heavy atom. The molecule has 0 radical (unpaired) electrons. The van der Waals surface area contributed by atoms with Crippen LogP contribution in [0, 0.1) is 20.8 Å². The van der Waals surface area contributed by atoms with Gasteiger partial charge in [0.25, 0.3) is 0 Å². The van der Waals surface area contributed by atoms with Crippen LogP contribution in [0.15, 0.2) is 30.3 Å². The van der Waals surface area contributed by atoms with Crippen molar-refractivity contribution in [2.24, 2.45) is 0 Å². The van der Waals surface area contributed by atoms with Crippen LogP contribution < -0.4 is 9.47 Å². The maximum absolute atomic E-state index is 13.1. The molecule has 2 aromatic rings. The lowest BCUT2D eigenvalue weighted by atomic mass is 9.86. The fourth-order valence-corrected chi connectivity index (χ4v) is 3.66. The fourth-order valence-electron chi connectivity index (χ4n) is 3.66. The van der Waals surface area contributed by atoms with Crippen LogP contribution in [-0.4, -0.2) is 23.6 Å². The Morgan fingerprint density at radius 1 is 1.03 bits per heavy atom. The van der Waals surface area contributed by atoms with E-state index in [1.165, 1.54) is 0 Å². The van der Waals surface area contributed by atoms with Gasteiger partial charge in [-0.25, -0.2) is 0 Å². The Hall–Kier alpha value is -2.33. The first-order valence-corrected chi connectivity index (χ1v) is 10.2. The molecule has 0 aromatic heterocycles. The molecule has 1 aliphatic rings. The summed E-state index contributed by atoms with van der Waals surface area (Å²) in [4.78, 5) is 13.1. The third-order valence-corrected chi connectivity index (χ3v) is 5.38. The number of hydrogen-bond donors (Lipinski definition) is 0. The highest BCUT2D eigenvalue weighted by molar-refractivity contribution is 6.03. The third kappa shape index (κ3) is 4.64. The van der Waals surface area contributed by atoms with Crippen molar-refractivity contribution in [3.8, 4) is 11.5 Å². The molecule has 0 bridgehead atoms. The molecule has 156 valence electrons. The second-order valence-electron chi connectivity index (χ2n) is 9.24. The van der Waals surface area contributed by atoms with Crippen LogP contribution in [0.3, 0.4) is 0 Å². The largest absolute Gasteiger partial charge is 0.488 e. The average Bonchev–Trinajstić information content (AvgIpc) is 2.64. The van der Waals surface area contributed by atoms with E-state index in [2.05, 4.69) is 0 Å². The smallest absolute Gasteiger partial charge is 0.171 e. The Labute approximate surface area is 174 Å². The zero-order valence-corrected chi connectivity index (χ0v) is 18.6. The molecule has 4 heteroatoms. The molecule has 29 heavy (non-hydrogen) atoms. The van der Waals surface area contributed by atoms with E-state index in [0.29, 0.717) is 24.5 Å². The van der Waals surface area contributed by atoms with Crippen molar-refractivity contribution >= 4 is 5.78 Å². The summed E-state index contributed by atoms with van der Waals surface area (Å²) in [5.41, 5.74) is 3.58. The number of Topliss-reactive ketones (excluding diaryl/α,β-unsaturated/α-hetero) is 1. The summed E-state index contributed by atoms with van der Waals surface area (Å²) in [6, 6.07) is 10.0. The zero-order valence-electron chi connectivity index (χ0n) is 18.6. The van der Waals surface area contributed by atoms with Gasteiger partial charge >= 0.3 is 0 Å². The summed E-state index contributed by atoms with van der Waals surface area (Å²) in [6.45, 7) is 14.8. The highest BCUT2D eigenvalue weighted by Crippen LogP contribution is 2.44. The Balaban J connectivity index is 1.92. The van der Waals surface area contributed by atoms with E-state index in [1.807, 2.05) is 78.8 Å². The van der Waals surface area contributed by atoms with Gasteiger partial charge in [-0.2, -0.15) is 0 Å². The highest BCUT2D eigenvalue weighted by Gasteiger charge is 2.40. The van der Waals surface area contributed by atoms with Crippen LogP contribution in [0.25, 0.3) is 0 Å². The maximum Gasteiger partial charge on any atom is 0.171 e. The van der Waals surface area contributed by atoms with E-state index in [9.17, 15) is 4.79 Å². The number of benzene rings is 2. The van der Waals surface area contributed by atoms with E-state index in [0.717, 1.165) is 28.0 Å². The van der Waals surface area contributed by atoms with E-state index in [1.54, 1.807) is 0 Å². The Bertz CT molecular complexity index is 909. The normalized spacial score (nSPS) is 18.9. The molecule has 0 saturated heterocycles. The van der Waals surface area contributed by atoms with Gasteiger partial charge in [-0.05, 0) is 65.2 Å². The molecule has 1 unspecified atom stereocenters. The molecule has 0 N–H and O–H groups in total.